The van der Waals surface area contributed by atoms with E-state index in [0.717, 1.165) is 24.8 Å². The first-order chi connectivity index (χ1) is 12.4. The van der Waals surface area contributed by atoms with Gasteiger partial charge in [-0.25, -0.2) is 4.79 Å². The molecule has 0 spiro atoms. The molecule has 2 aromatic rings. The molecule has 0 saturated carbocycles. The molecule has 2 heterocycles. The fraction of sp³-hybridized carbons (Fsp3) is 0.400. The lowest BCUT2D eigenvalue weighted by atomic mass is 9.88. The molecule has 0 fully saturated rings. The number of fused-ring (bicyclic) bond motifs is 1. The first-order valence-corrected chi connectivity index (χ1v) is 9.63. The van der Waals surface area contributed by atoms with Crippen molar-refractivity contribution in [1.29, 1.82) is 0 Å². The molecule has 2 aromatic heterocycles. The van der Waals surface area contributed by atoms with Crippen LogP contribution in [0.4, 0.5) is 5.00 Å². The second-order valence-electron chi connectivity index (χ2n) is 6.85. The Morgan fingerprint density at radius 3 is 2.92 bits per heavy atom. The molecular formula is C20H23NO4S. The highest BCUT2D eigenvalue weighted by Gasteiger charge is 2.29. The second kappa shape index (κ2) is 7.91. The number of carbonyl (C=O) groups is 2. The van der Waals surface area contributed by atoms with Crippen LogP contribution in [-0.2, 0) is 22.4 Å². The highest BCUT2D eigenvalue weighted by atomic mass is 32.1. The topological polar surface area (TPSA) is 68.5 Å². The molecule has 1 amide bonds. The van der Waals surface area contributed by atoms with Gasteiger partial charge in [0.05, 0.1) is 17.9 Å². The van der Waals surface area contributed by atoms with Crippen LogP contribution in [0.15, 0.2) is 28.9 Å². The average molecular weight is 373 g/mol. The fourth-order valence-electron chi connectivity index (χ4n) is 3.03. The Hall–Kier alpha value is -2.34. The zero-order chi connectivity index (χ0) is 18.7. The Kier molecular flexibility index (Phi) is 5.61. The minimum absolute atomic E-state index is 0.206. The normalized spacial score (nSPS) is 16.7. The highest BCUT2D eigenvalue weighted by molar-refractivity contribution is 7.17. The SMILES string of the molecule is CC1CCc2c(sc(NC(=O)/C=C/c3ccco3)c2C(=O)OC(C)C)C1. The zero-order valence-corrected chi connectivity index (χ0v) is 16.0. The molecule has 0 radical (unpaired) electrons. The van der Waals surface area contributed by atoms with Crippen LogP contribution in [0.1, 0.15) is 53.8 Å². The minimum Gasteiger partial charge on any atom is -0.465 e. The van der Waals surface area contributed by atoms with Crippen molar-refractivity contribution >= 4 is 34.3 Å². The van der Waals surface area contributed by atoms with Crippen molar-refractivity contribution in [1.82, 2.24) is 0 Å². The number of rotatable bonds is 5. The summed E-state index contributed by atoms with van der Waals surface area (Å²) in [6.07, 6.45) is 7.15. The summed E-state index contributed by atoms with van der Waals surface area (Å²) in [4.78, 5) is 26.1. The number of esters is 1. The van der Waals surface area contributed by atoms with E-state index in [0.29, 0.717) is 22.2 Å². The summed E-state index contributed by atoms with van der Waals surface area (Å²) < 4.78 is 10.6. The maximum atomic E-state index is 12.6. The number of amides is 1. The van der Waals surface area contributed by atoms with Gasteiger partial charge in [-0.1, -0.05) is 6.92 Å². The molecule has 0 aliphatic heterocycles. The third kappa shape index (κ3) is 4.25. The summed E-state index contributed by atoms with van der Waals surface area (Å²) in [6, 6.07) is 3.52. The lowest BCUT2D eigenvalue weighted by Gasteiger charge is -2.18. The smallest absolute Gasteiger partial charge is 0.341 e. The number of thiophene rings is 1. The largest absolute Gasteiger partial charge is 0.465 e. The van der Waals surface area contributed by atoms with Crippen LogP contribution in [0.3, 0.4) is 0 Å². The van der Waals surface area contributed by atoms with E-state index < -0.39 is 0 Å². The average Bonchev–Trinajstić information content (AvgIpc) is 3.18. The lowest BCUT2D eigenvalue weighted by molar-refractivity contribution is -0.111. The molecule has 1 aliphatic rings. The van der Waals surface area contributed by atoms with Crippen LogP contribution < -0.4 is 5.32 Å². The van der Waals surface area contributed by atoms with Gasteiger partial charge in [0.2, 0.25) is 5.91 Å². The van der Waals surface area contributed by atoms with Gasteiger partial charge in [0.25, 0.3) is 0 Å². The van der Waals surface area contributed by atoms with E-state index in [2.05, 4.69) is 12.2 Å². The Labute approximate surface area is 157 Å². The summed E-state index contributed by atoms with van der Waals surface area (Å²) in [5, 5.41) is 3.42. The van der Waals surface area contributed by atoms with E-state index >= 15 is 0 Å². The number of ether oxygens (including phenoxy) is 1. The second-order valence-corrected chi connectivity index (χ2v) is 7.95. The van der Waals surface area contributed by atoms with Crippen LogP contribution in [0.25, 0.3) is 6.08 Å². The molecule has 5 nitrogen and oxygen atoms in total. The fourth-order valence-corrected chi connectivity index (χ4v) is 4.43. The van der Waals surface area contributed by atoms with Crippen molar-refractivity contribution in [3.63, 3.8) is 0 Å². The number of furan rings is 1. The van der Waals surface area contributed by atoms with Gasteiger partial charge < -0.3 is 14.5 Å². The van der Waals surface area contributed by atoms with E-state index in [1.807, 2.05) is 13.8 Å². The molecule has 3 rings (SSSR count). The van der Waals surface area contributed by atoms with Crippen LogP contribution >= 0.6 is 11.3 Å². The Morgan fingerprint density at radius 1 is 1.42 bits per heavy atom. The van der Waals surface area contributed by atoms with E-state index in [1.54, 1.807) is 24.5 Å². The molecule has 1 unspecified atom stereocenters. The highest BCUT2D eigenvalue weighted by Crippen LogP contribution is 2.40. The van der Waals surface area contributed by atoms with Gasteiger partial charge in [0.15, 0.2) is 0 Å². The standard InChI is InChI=1S/C20H23NO4S/c1-12(2)25-20(23)18-15-8-6-13(3)11-16(15)26-19(18)21-17(22)9-7-14-5-4-10-24-14/h4-5,7,9-10,12-13H,6,8,11H2,1-3H3,(H,21,22)/b9-7+. The van der Waals surface area contributed by atoms with Crippen LogP contribution in [0, 0.1) is 5.92 Å². The van der Waals surface area contributed by atoms with E-state index in [4.69, 9.17) is 9.15 Å². The molecular weight excluding hydrogens is 350 g/mol. The molecule has 0 saturated heterocycles. The predicted molar refractivity (Wildman–Crippen MR) is 102 cm³/mol. The summed E-state index contributed by atoms with van der Waals surface area (Å²) in [5.74, 6) is 0.514. The number of hydrogen-bond acceptors (Lipinski definition) is 5. The maximum absolute atomic E-state index is 12.6. The third-order valence-electron chi connectivity index (χ3n) is 4.24. The van der Waals surface area contributed by atoms with Gasteiger partial charge in [0, 0.05) is 11.0 Å². The molecule has 1 aliphatic carbocycles. The quantitative estimate of drug-likeness (QED) is 0.610. The summed E-state index contributed by atoms with van der Waals surface area (Å²) in [6.45, 7) is 5.85. The van der Waals surface area contributed by atoms with Crippen molar-refractivity contribution in [2.75, 3.05) is 5.32 Å². The minimum atomic E-state index is -0.364. The van der Waals surface area contributed by atoms with Gasteiger partial charge in [-0.05, 0) is 62.8 Å². The monoisotopic (exact) mass is 373 g/mol. The van der Waals surface area contributed by atoms with Crippen molar-refractivity contribution in [3.8, 4) is 0 Å². The van der Waals surface area contributed by atoms with Crippen molar-refractivity contribution in [2.24, 2.45) is 5.92 Å². The Bertz CT molecular complexity index is 817. The van der Waals surface area contributed by atoms with Crippen LogP contribution in [0.5, 0.6) is 0 Å². The molecule has 26 heavy (non-hydrogen) atoms. The van der Waals surface area contributed by atoms with E-state index in [9.17, 15) is 9.59 Å². The summed E-state index contributed by atoms with van der Waals surface area (Å²) in [7, 11) is 0. The lowest BCUT2D eigenvalue weighted by Crippen LogP contribution is -2.18. The maximum Gasteiger partial charge on any atom is 0.341 e. The Morgan fingerprint density at radius 2 is 2.23 bits per heavy atom. The summed E-state index contributed by atoms with van der Waals surface area (Å²) in [5.41, 5.74) is 1.55. The first kappa shape index (κ1) is 18.5. The molecule has 1 N–H and O–H groups in total. The number of carbonyl (C=O) groups excluding carboxylic acids is 2. The van der Waals surface area contributed by atoms with Gasteiger partial charge in [-0.3, -0.25) is 4.79 Å². The molecule has 0 bridgehead atoms. The van der Waals surface area contributed by atoms with Gasteiger partial charge in [-0.15, -0.1) is 11.3 Å². The number of hydrogen-bond donors (Lipinski definition) is 1. The van der Waals surface area contributed by atoms with Crippen molar-refractivity contribution < 1.29 is 18.7 Å². The van der Waals surface area contributed by atoms with Crippen LogP contribution in [0.2, 0.25) is 0 Å². The van der Waals surface area contributed by atoms with E-state index in [-0.39, 0.29) is 18.0 Å². The number of nitrogens with one attached hydrogen (secondary N) is 1. The Balaban J connectivity index is 1.85. The zero-order valence-electron chi connectivity index (χ0n) is 15.2. The predicted octanol–water partition coefficient (Wildman–Crippen LogP) is 4.68. The third-order valence-corrected chi connectivity index (χ3v) is 5.41. The van der Waals surface area contributed by atoms with E-state index in [1.165, 1.54) is 22.3 Å². The van der Waals surface area contributed by atoms with Gasteiger partial charge in [0.1, 0.15) is 10.8 Å². The van der Waals surface area contributed by atoms with Crippen molar-refractivity contribution in [3.05, 3.63) is 46.2 Å². The molecule has 6 heteroatoms. The molecule has 1 atom stereocenters. The molecule has 138 valence electrons. The summed E-state index contributed by atoms with van der Waals surface area (Å²) >= 11 is 1.48. The number of anilines is 1. The van der Waals surface area contributed by atoms with Gasteiger partial charge >= 0.3 is 5.97 Å². The van der Waals surface area contributed by atoms with Gasteiger partial charge in [-0.2, -0.15) is 0 Å². The van der Waals surface area contributed by atoms with Crippen LogP contribution in [-0.4, -0.2) is 18.0 Å². The first-order valence-electron chi connectivity index (χ1n) is 8.82. The molecule has 0 aromatic carbocycles. The van der Waals surface area contributed by atoms with Crippen molar-refractivity contribution in [2.45, 2.75) is 46.1 Å².